The van der Waals surface area contributed by atoms with Crippen molar-refractivity contribution in [2.45, 2.75) is 6.92 Å². The van der Waals surface area contributed by atoms with Gasteiger partial charge in [0.15, 0.2) is 11.5 Å². The molecule has 0 aliphatic carbocycles. The lowest BCUT2D eigenvalue weighted by molar-refractivity contribution is -0.119. The number of nitrogens with one attached hydrogen (secondary N) is 2. The zero-order chi connectivity index (χ0) is 19.9. The average Bonchev–Trinajstić information content (AvgIpc) is 2.70. The Labute approximate surface area is 176 Å². The summed E-state index contributed by atoms with van der Waals surface area (Å²) in [5, 5.41) is 19.3. The molecule has 7 heteroatoms. The fraction of sp³-hybridized carbons (Fsp3) is 0.143. The number of anilines is 1. The molecule has 0 bridgehead atoms. The van der Waals surface area contributed by atoms with Crippen LogP contribution in [0.15, 0.2) is 59.7 Å². The second-order valence-corrected chi connectivity index (χ2v) is 7.12. The van der Waals surface area contributed by atoms with E-state index in [1.165, 1.54) is 6.21 Å². The number of ether oxygens (including phenoxy) is 1. The van der Waals surface area contributed by atoms with Crippen LogP contribution < -0.4 is 15.5 Å². The van der Waals surface area contributed by atoms with E-state index in [1.807, 2.05) is 72.0 Å². The topological polar surface area (TPSA) is 83.0 Å². The average molecular weight is 489 g/mol. The number of aromatic hydroxyl groups is 1. The van der Waals surface area contributed by atoms with Crippen molar-refractivity contribution in [3.05, 3.63) is 63.7 Å². The predicted molar refractivity (Wildman–Crippen MR) is 120 cm³/mol. The maximum absolute atomic E-state index is 12.1. The number of hydrogen-bond donors (Lipinski definition) is 3. The molecule has 0 unspecified atom stereocenters. The molecule has 3 rings (SSSR count). The molecule has 0 radical (unpaired) electrons. The Morgan fingerprint density at radius 1 is 1.21 bits per heavy atom. The molecule has 0 aliphatic rings. The molecule has 28 heavy (non-hydrogen) atoms. The van der Waals surface area contributed by atoms with E-state index in [-0.39, 0.29) is 18.2 Å². The first-order valence-corrected chi connectivity index (χ1v) is 9.85. The van der Waals surface area contributed by atoms with Gasteiger partial charge in [-0.15, -0.1) is 0 Å². The minimum Gasteiger partial charge on any atom is -0.504 e. The summed E-state index contributed by atoms with van der Waals surface area (Å²) in [7, 11) is 0. The van der Waals surface area contributed by atoms with Crippen molar-refractivity contribution in [2.24, 2.45) is 5.10 Å². The van der Waals surface area contributed by atoms with Crippen LogP contribution in [-0.4, -0.2) is 30.4 Å². The summed E-state index contributed by atoms with van der Waals surface area (Å²) in [5.74, 6) is 0.227. The molecule has 0 heterocycles. The van der Waals surface area contributed by atoms with Gasteiger partial charge in [-0.05, 0) is 58.7 Å². The van der Waals surface area contributed by atoms with E-state index in [4.69, 9.17) is 4.74 Å². The van der Waals surface area contributed by atoms with Crippen molar-refractivity contribution in [3.63, 3.8) is 0 Å². The van der Waals surface area contributed by atoms with Crippen molar-refractivity contribution in [3.8, 4) is 11.5 Å². The molecule has 0 spiro atoms. The number of phenols is 1. The smallest absolute Gasteiger partial charge is 0.259 e. The molecule has 3 aromatic rings. The second-order valence-electron chi connectivity index (χ2n) is 5.96. The first kappa shape index (κ1) is 19.9. The lowest BCUT2D eigenvalue weighted by atomic mass is 10.1. The van der Waals surface area contributed by atoms with Gasteiger partial charge in [-0.2, -0.15) is 5.10 Å². The number of benzene rings is 3. The number of phenolic OH excluding ortho intramolecular Hbond substituents is 1. The molecular formula is C21H20IN3O3. The maximum Gasteiger partial charge on any atom is 0.259 e. The van der Waals surface area contributed by atoms with Crippen molar-refractivity contribution in [2.75, 3.05) is 18.5 Å². The Bertz CT molecular complexity index is 1020. The highest BCUT2D eigenvalue weighted by atomic mass is 127. The van der Waals surface area contributed by atoms with Gasteiger partial charge in [-0.3, -0.25) is 4.79 Å². The fourth-order valence-electron chi connectivity index (χ4n) is 2.71. The largest absolute Gasteiger partial charge is 0.504 e. The quantitative estimate of drug-likeness (QED) is 0.265. The molecule has 3 aromatic carbocycles. The van der Waals surface area contributed by atoms with Gasteiger partial charge in [-0.1, -0.05) is 36.4 Å². The van der Waals surface area contributed by atoms with Crippen LogP contribution in [0.5, 0.6) is 11.5 Å². The lowest BCUT2D eigenvalue weighted by Gasteiger charge is -2.09. The highest BCUT2D eigenvalue weighted by Gasteiger charge is 2.08. The van der Waals surface area contributed by atoms with E-state index >= 15 is 0 Å². The Morgan fingerprint density at radius 3 is 2.82 bits per heavy atom. The van der Waals surface area contributed by atoms with Crippen molar-refractivity contribution in [1.82, 2.24) is 5.43 Å². The Hall–Kier alpha value is -2.81. The van der Waals surface area contributed by atoms with E-state index in [9.17, 15) is 9.90 Å². The molecular weight excluding hydrogens is 469 g/mol. The van der Waals surface area contributed by atoms with Gasteiger partial charge in [0.2, 0.25) is 0 Å². The molecule has 1 amide bonds. The highest BCUT2D eigenvalue weighted by molar-refractivity contribution is 14.1. The molecule has 6 nitrogen and oxygen atoms in total. The SMILES string of the molecule is CCOc1cc(/C=N\NC(=O)CNc2cccc3ccccc23)cc(I)c1O. The van der Waals surface area contributed by atoms with Gasteiger partial charge >= 0.3 is 0 Å². The lowest BCUT2D eigenvalue weighted by Crippen LogP contribution is -2.25. The van der Waals surface area contributed by atoms with E-state index in [0.717, 1.165) is 16.5 Å². The van der Waals surface area contributed by atoms with Gasteiger partial charge in [-0.25, -0.2) is 5.43 Å². The summed E-state index contributed by atoms with van der Waals surface area (Å²) < 4.78 is 6.04. The van der Waals surface area contributed by atoms with Crippen LogP contribution in [0.3, 0.4) is 0 Å². The van der Waals surface area contributed by atoms with Crippen LogP contribution in [-0.2, 0) is 4.79 Å². The normalized spacial score (nSPS) is 10.9. The number of rotatable bonds is 7. The number of nitrogens with zero attached hydrogens (tertiary/aromatic N) is 1. The Morgan fingerprint density at radius 2 is 2.00 bits per heavy atom. The number of halogens is 1. The number of carbonyl (C=O) groups is 1. The van der Waals surface area contributed by atoms with E-state index in [0.29, 0.717) is 21.5 Å². The van der Waals surface area contributed by atoms with Gasteiger partial charge in [0.05, 0.1) is 22.9 Å². The van der Waals surface area contributed by atoms with Crippen molar-refractivity contribution >= 4 is 51.2 Å². The molecule has 0 fully saturated rings. The Kier molecular flexibility index (Phi) is 6.70. The summed E-state index contributed by atoms with van der Waals surface area (Å²) in [6.45, 7) is 2.39. The number of hydrogen-bond acceptors (Lipinski definition) is 5. The van der Waals surface area contributed by atoms with Crippen LogP contribution >= 0.6 is 22.6 Å². The monoisotopic (exact) mass is 489 g/mol. The third-order valence-electron chi connectivity index (χ3n) is 3.98. The van der Waals surface area contributed by atoms with E-state index in [1.54, 1.807) is 12.1 Å². The molecule has 0 atom stereocenters. The van der Waals surface area contributed by atoms with Crippen LogP contribution in [0.4, 0.5) is 5.69 Å². The van der Waals surface area contributed by atoms with Gasteiger partial charge in [0.25, 0.3) is 5.91 Å². The van der Waals surface area contributed by atoms with Gasteiger partial charge < -0.3 is 15.2 Å². The number of hydrazone groups is 1. The number of carbonyl (C=O) groups excluding carboxylic acids is 1. The minimum atomic E-state index is -0.261. The van der Waals surface area contributed by atoms with E-state index < -0.39 is 0 Å². The predicted octanol–water partition coefficient (Wildman–Crippen LogP) is 4.11. The third-order valence-corrected chi connectivity index (χ3v) is 4.80. The molecule has 0 aliphatic heterocycles. The highest BCUT2D eigenvalue weighted by Crippen LogP contribution is 2.32. The summed E-state index contributed by atoms with van der Waals surface area (Å²) in [6.07, 6.45) is 1.51. The summed E-state index contributed by atoms with van der Waals surface area (Å²) in [5.41, 5.74) is 4.11. The Balaban J connectivity index is 1.60. The van der Waals surface area contributed by atoms with Gasteiger partial charge in [0, 0.05) is 11.1 Å². The molecule has 0 saturated carbocycles. The number of fused-ring (bicyclic) bond motifs is 1. The van der Waals surface area contributed by atoms with Crippen LogP contribution in [0, 0.1) is 3.57 Å². The van der Waals surface area contributed by atoms with Crippen molar-refractivity contribution < 1.29 is 14.6 Å². The summed E-state index contributed by atoms with van der Waals surface area (Å²) in [6, 6.07) is 17.3. The molecule has 3 N–H and O–H groups in total. The minimum absolute atomic E-state index is 0.0999. The second kappa shape index (κ2) is 9.41. The molecule has 144 valence electrons. The first-order valence-electron chi connectivity index (χ1n) is 8.77. The zero-order valence-electron chi connectivity index (χ0n) is 15.3. The van der Waals surface area contributed by atoms with Crippen LogP contribution in [0.25, 0.3) is 10.8 Å². The first-order chi connectivity index (χ1) is 13.6. The summed E-state index contributed by atoms with van der Waals surface area (Å²) >= 11 is 2.02. The summed E-state index contributed by atoms with van der Waals surface area (Å²) in [4.78, 5) is 12.1. The van der Waals surface area contributed by atoms with Crippen LogP contribution in [0.1, 0.15) is 12.5 Å². The van der Waals surface area contributed by atoms with Crippen LogP contribution in [0.2, 0.25) is 0 Å². The molecule has 0 aromatic heterocycles. The standard InChI is InChI=1S/C21H20IN3O3/c1-2-28-19-11-14(10-17(22)21(19)27)12-24-25-20(26)13-23-18-9-5-7-15-6-3-4-8-16(15)18/h3-12,23,27H,2,13H2,1H3,(H,25,26)/b24-12-. The number of amides is 1. The van der Waals surface area contributed by atoms with E-state index in [2.05, 4.69) is 15.8 Å². The molecule has 0 saturated heterocycles. The third kappa shape index (κ3) is 4.92. The maximum atomic E-state index is 12.1. The zero-order valence-corrected chi connectivity index (χ0v) is 17.4. The fourth-order valence-corrected chi connectivity index (χ4v) is 3.33. The van der Waals surface area contributed by atoms with Crippen molar-refractivity contribution in [1.29, 1.82) is 0 Å². The van der Waals surface area contributed by atoms with Gasteiger partial charge in [0.1, 0.15) is 0 Å².